The van der Waals surface area contributed by atoms with Crippen LogP contribution in [0.2, 0.25) is 0 Å². The highest BCUT2D eigenvalue weighted by Gasteiger charge is 2.11. The molecule has 94 valence electrons. The molecule has 0 fully saturated rings. The Balaban J connectivity index is 2.17. The molecular weight excluding hydrogens is 242 g/mol. The van der Waals surface area contributed by atoms with Crippen molar-refractivity contribution in [2.45, 2.75) is 6.61 Å². The maximum atomic E-state index is 12.0. The van der Waals surface area contributed by atoms with Gasteiger partial charge in [-0.2, -0.15) is 13.9 Å². The molecule has 0 amide bonds. The van der Waals surface area contributed by atoms with Crippen molar-refractivity contribution in [3.05, 3.63) is 47.8 Å². The molecule has 2 rings (SSSR count). The summed E-state index contributed by atoms with van der Waals surface area (Å²) in [6.45, 7) is -2.87. The number of rotatable bonds is 4. The van der Waals surface area contributed by atoms with Crippen LogP contribution >= 0.6 is 0 Å². The number of ether oxygens (including phenoxy) is 1. The lowest BCUT2D eigenvalue weighted by atomic mass is 10.1. The fourth-order valence-corrected chi connectivity index (χ4v) is 1.49. The van der Waals surface area contributed by atoms with Crippen molar-refractivity contribution < 1.29 is 18.3 Å². The largest absolute Gasteiger partial charge is 0.435 e. The lowest BCUT2D eigenvalue weighted by molar-refractivity contribution is -0.0498. The van der Waals surface area contributed by atoms with Crippen LogP contribution in [0.25, 0.3) is 0 Å². The highest BCUT2D eigenvalue weighted by atomic mass is 19.3. The van der Waals surface area contributed by atoms with Crippen LogP contribution < -0.4 is 4.74 Å². The van der Waals surface area contributed by atoms with Gasteiger partial charge >= 0.3 is 6.61 Å². The second kappa shape index (κ2) is 4.95. The third-order valence-corrected chi connectivity index (χ3v) is 2.31. The van der Waals surface area contributed by atoms with Gasteiger partial charge in [0.15, 0.2) is 5.78 Å². The van der Waals surface area contributed by atoms with Gasteiger partial charge in [-0.15, -0.1) is 0 Å². The van der Waals surface area contributed by atoms with Crippen molar-refractivity contribution >= 4 is 5.78 Å². The number of benzene rings is 1. The van der Waals surface area contributed by atoms with E-state index in [1.807, 2.05) is 0 Å². The molecule has 0 radical (unpaired) electrons. The van der Waals surface area contributed by atoms with Gasteiger partial charge in [0.05, 0.1) is 11.8 Å². The van der Waals surface area contributed by atoms with Crippen LogP contribution in [0.4, 0.5) is 8.78 Å². The summed E-state index contributed by atoms with van der Waals surface area (Å²) in [5, 5.41) is 3.89. The smallest absolute Gasteiger partial charge is 0.387 e. The van der Waals surface area contributed by atoms with Crippen LogP contribution in [0.15, 0.2) is 36.7 Å². The van der Waals surface area contributed by atoms with Crippen molar-refractivity contribution in [2.75, 3.05) is 0 Å². The topological polar surface area (TPSA) is 44.1 Å². The molecule has 0 atom stereocenters. The van der Waals surface area contributed by atoms with Gasteiger partial charge in [0.2, 0.25) is 0 Å². The highest BCUT2D eigenvalue weighted by molar-refractivity contribution is 6.08. The van der Waals surface area contributed by atoms with Gasteiger partial charge in [0, 0.05) is 18.8 Å². The Bertz CT molecular complexity index is 549. The van der Waals surface area contributed by atoms with Gasteiger partial charge in [-0.3, -0.25) is 9.48 Å². The first-order chi connectivity index (χ1) is 8.56. The van der Waals surface area contributed by atoms with E-state index in [1.54, 1.807) is 13.2 Å². The van der Waals surface area contributed by atoms with E-state index in [2.05, 4.69) is 9.84 Å². The summed E-state index contributed by atoms with van der Waals surface area (Å²) in [5.41, 5.74) is 0.838. The molecule has 18 heavy (non-hydrogen) atoms. The van der Waals surface area contributed by atoms with Crippen LogP contribution in [0.3, 0.4) is 0 Å². The number of nitrogens with zero attached hydrogens (tertiary/aromatic N) is 2. The van der Waals surface area contributed by atoms with Gasteiger partial charge in [-0.1, -0.05) is 0 Å². The summed E-state index contributed by atoms with van der Waals surface area (Å²) in [6.07, 6.45) is 3.04. The quantitative estimate of drug-likeness (QED) is 0.784. The van der Waals surface area contributed by atoms with Crippen LogP contribution in [0.5, 0.6) is 5.75 Å². The standard InChI is InChI=1S/C12H10F2N2O2/c1-16-7-9(6-15-16)11(17)8-2-4-10(5-3-8)18-12(13)14/h2-7,12H,1H3. The first-order valence-corrected chi connectivity index (χ1v) is 5.14. The normalized spacial score (nSPS) is 10.7. The van der Waals surface area contributed by atoms with E-state index >= 15 is 0 Å². The van der Waals surface area contributed by atoms with Crippen molar-refractivity contribution in [1.29, 1.82) is 0 Å². The molecule has 1 aromatic carbocycles. The Morgan fingerprint density at radius 1 is 1.28 bits per heavy atom. The summed E-state index contributed by atoms with van der Waals surface area (Å²) in [4.78, 5) is 12.0. The van der Waals surface area contributed by atoms with Gasteiger partial charge in [0.1, 0.15) is 5.75 Å². The molecule has 6 heteroatoms. The zero-order valence-corrected chi connectivity index (χ0v) is 9.51. The molecular formula is C12H10F2N2O2. The van der Waals surface area contributed by atoms with E-state index < -0.39 is 6.61 Å². The van der Waals surface area contributed by atoms with E-state index in [-0.39, 0.29) is 11.5 Å². The molecule has 0 N–H and O–H groups in total. The molecule has 1 aromatic heterocycles. The molecule has 0 bridgehead atoms. The number of carbonyl (C=O) groups is 1. The average molecular weight is 252 g/mol. The van der Waals surface area contributed by atoms with E-state index in [0.717, 1.165) is 0 Å². The van der Waals surface area contributed by atoms with Crippen molar-refractivity contribution in [1.82, 2.24) is 9.78 Å². The van der Waals surface area contributed by atoms with Gasteiger partial charge in [-0.05, 0) is 24.3 Å². The molecule has 2 aromatic rings. The van der Waals surface area contributed by atoms with E-state index in [9.17, 15) is 13.6 Å². The third-order valence-electron chi connectivity index (χ3n) is 2.31. The summed E-state index contributed by atoms with van der Waals surface area (Å²) in [5.74, 6) is -0.195. The lowest BCUT2D eigenvalue weighted by Gasteiger charge is -2.04. The van der Waals surface area contributed by atoms with Gasteiger partial charge in [0.25, 0.3) is 0 Å². The Morgan fingerprint density at radius 3 is 2.44 bits per heavy atom. The second-order valence-electron chi connectivity index (χ2n) is 3.63. The number of hydrogen-bond acceptors (Lipinski definition) is 3. The Hall–Kier alpha value is -2.24. The first-order valence-electron chi connectivity index (χ1n) is 5.14. The third kappa shape index (κ3) is 2.71. The highest BCUT2D eigenvalue weighted by Crippen LogP contribution is 2.17. The van der Waals surface area contributed by atoms with Crippen LogP contribution in [0.1, 0.15) is 15.9 Å². The zero-order chi connectivity index (χ0) is 13.1. The minimum atomic E-state index is -2.87. The number of halogens is 2. The van der Waals surface area contributed by atoms with Crippen molar-refractivity contribution in [3.8, 4) is 5.75 Å². The van der Waals surface area contributed by atoms with E-state index in [4.69, 9.17) is 0 Å². The van der Waals surface area contributed by atoms with Gasteiger partial charge in [-0.25, -0.2) is 0 Å². The zero-order valence-electron chi connectivity index (χ0n) is 9.51. The molecule has 0 saturated heterocycles. The summed E-state index contributed by atoms with van der Waals surface area (Å²) in [6, 6.07) is 5.53. The number of ketones is 1. The van der Waals surface area contributed by atoms with E-state index in [1.165, 1.54) is 35.1 Å². The second-order valence-corrected chi connectivity index (χ2v) is 3.63. The molecule has 0 saturated carbocycles. The summed E-state index contributed by atoms with van der Waals surface area (Å²) < 4.78 is 29.6. The summed E-state index contributed by atoms with van der Waals surface area (Å²) in [7, 11) is 1.70. The van der Waals surface area contributed by atoms with E-state index in [0.29, 0.717) is 11.1 Å². The molecule has 0 spiro atoms. The lowest BCUT2D eigenvalue weighted by Crippen LogP contribution is -2.03. The first kappa shape index (κ1) is 12.2. The Kier molecular flexibility index (Phi) is 3.36. The molecule has 1 heterocycles. The number of carbonyl (C=O) groups excluding carboxylic acids is 1. The van der Waals surface area contributed by atoms with Crippen LogP contribution in [-0.4, -0.2) is 22.2 Å². The molecule has 0 aliphatic carbocycles. The minimum absolute atomic E-state index is 0.0211. The molecule has 0 aliphatic rings. The predicted octanol–water partition coefficient (Wildman–Crippen LogP) is 2.25. The van der Waals surface area contributed by atoms with Crippen LogP contribution in [-0.2, 0) is 7.05 Å². The molecule has 0 unspecified atom stereocenters. The Morgan fingerprint density at radius 2 is 1.94 bits per heavy atom. The maximum Gasteiger partial charge on any atom is 0.387 e. The fourth-order valence-electron chi connectivity index (χ4n) is 1.49. The number of aromatic nitrogens is 2. The predicted molar refractivity (Wildman–Crippen MR) is 59.7 cm³/mol. The fraction of sp³-hybridized carbons (Fsp3) is 0.167. The van der Waals surface area contributed by atoms with Crippen molar-refractivity contribution in [3.63, 3.8) is 0 Å². The number of aryl methyl sites for hydroxylation is 1. The maximum absolute atomic E-state index is 12.0. The minimum Gasteiger partial charge on any atom is -0.435 e. The van der Waals surface area contributed by atoms with Gasteiger partial charge < -0.3 is 4.74 Å². The summed E-state index contributed by atoms with van der Waals surface area (Å²) >= 11 is 0. The van der Waals surface area contributed by atoms with Crippen LogP contribution in [0, 0.1) is 0 Å². The monoisotopic (exact) mass is 252 g/mol. The molecule has 4 nitrogen and oxygen atoms in total. The number of alkyl halides is 2. The SMILES string of the molecule is Cn1cc(C(=O)c2ccc(OC(F)F)cc2)cn1. The average Bonchev–Trinajstić information content (AvgIpc) is 2.75. The molecule has 0 aliphatic heterocycles. The Labute approximate surface area is 102 Å². The number of hydrogen-bond donors (Lipinski definition) is 0. The van der Waals surface area contributed by atoms with Crippen molar-refractivity contribution in [2.24, 2.45) is 7.05 Å².